The highest BCUT2D eigenvalue weighted by atomic mass is 19.1. The van der Waals surface area contributed by atoms with E-state index in [4.69, 9.17) is 0 Å². The highest BCUT2D eigenvalue weighted by molar-refractivity contribution is 5.64. The Morgan fingerprint density at radius 2 is 1.41 bits per heavy atom. The summed E-state index contributed by atoms with van der Waals surface area (Å²) >= 11 is 0. The number of hydrogen-bond donors (Lipinski definition) is 0. The Morgan fingerprint density at radius 1 is 0.793 bits per heavy atom. The average molecular weight is 393 g/mol. The van der Waals surface area contributed by atoms with Gasteiger partial charge in [-0.2, -0.15) is 0 Å². The monoisotopic (exact) mass is 392 g/mol. The summed E-state index contributed by atoms with van der Waals surface area (Å²) in [5, 5.41) is 0. The van der Waals surface area contributed by atoms with Gasteiger partial charge in [-0.3, -0.25) is 0 Å². The van der Waals surface area contributed by atoms with Gasteiger partial charge in [-0.1, -0.05) is 74.6 Å². The first kappa shape index (κ1) is 20.6. The number of aryl methyl sites for hydroxylation is 1. The molecule has 2 aliphatic carbocycles. The van der Waals surface area contributed by atoms with Crippen molar-refractivity contribution in [2.45, 2.75) is 84.0 Å². The minimum Gasteiger partial charge on any atom is -0.206 e. The molecule has 0 saturated heterocycles. The maximum absolute atomic E-state index is 14.9. The standard InChI is InChI=1S/C28H37F/c1-3-4-21-7-11-22(12-8-21)23-13-15-24(16-14-23)26-17-18-27(28(29)19-26)25-9-5-20(2)6-10-25/h5-6,9-10,17-19,21-24H,3-4,7-8,11-16H2,1-2H3. The molecule has 156 valence electrons. The second-order valence-electron chi connectivity index (χ2n) is 9.79. The zero-order valence-electron chi connectivity index (χ0n) is 18.3. The molecule has 0 bridgehead atoms. The van der Waals surface area contributed by atoms with E-state index in [1.165, 1.54) is 75.3 Å². The summed E-state index contributed by atoms with van der Waals surface area (Å²) in [5.41, 5.74) is 4.12. The molecule has 29 heavy (non-hydrogen) atoms. The average Bonchev–Trinajstić information content (AvgIpc) is 2.75. The Balaban J connectivity index is 1.34. The van der Waals surface area contributed by atoms with Gasteiger partial charge in [-0.05, 0) is 86.3 Å². The van der Waals surface area contributed by atoms with Gasteiger partial charge in [0.25, 0.3) is 0 Å². The van der Waals surface area contributed by atoms with Crippen molar-refractivity contribution >= 4 is 0 Å². The fourth-order valence-corrected chi connectivity index (χ4v) is 6.03. The molecule has 0 nitrogen and oxygen atoms in total. The predicted molar refractivity (Wildman–Crippen MR) is 122 cm³/mol. The molecule has 0 heterocycles. The summed E-state index contributed by atoms with van der Waals surface area (Å²) in [4.78, 5) is 0. The van der Waals surface area contributed by atoms with Crippen LogP contribution in [0.15, 0.2) is 42.5 Å². The summed E-state index contributed by atoms with van der Waals surface area (Å²) in [6.45, 7) is 4.39. The molecule has 2 aromatic rings. The third kappa shape index (κ3) is 4.93. The van der Waals surface area contributed by atoms with Crippen molar-refractivity contribution in [3.63, 3.8) is 0 Å². The molecule has 4 rings (SSSR count). The van der Waals surface area contributed by atoms with Crippen LogP contribution in [-0.4, -0.2) is 0 Å². The zero-order valence-corrected chi connectivity index (χ0v) is 18.3. The van der Waals surface area contributed by atoms with Crippen LogP contribution in [0.25, 0.3) is 11.1 Å². The largest absolute Gasteiger partial charge is 0.206 e. The molecule has 2 fully saturated rings. The molecule has 0 spiro atoms. The van der Waals surface area contributed by atoms with Crippen molar-refractivity contribution in [1.29, 1.82) is 0 Å². The normalized spacial score (nSPS) is 27.7. The van der Waals surface area contributed by atoms with E-state index in [0.717, 1.165) is 28.9 Å². The van der Waals surface area contributed by atoms with Crippen molar-refractivity contribution in [3.8, 4) is 11.1 Å². The van der Waals surface area contributed by atoms with E-state index < -0.39 is 0 Å². The third-order valence-corrected chi connectivity index (χ3v) is 7.85. The lowest BCUT2D eigenvalue weighted by atomic mass is 9.68. The summed E-state index contributed by atoms with van der Waals surface area (Å²) in [6, 6.07) is 14.1. The SMILES string of the molecule is CCCC1CCC(C2CCC(c3ccc(-c4ccc(C)cc4)c(F)c3)CC2)CC1. The number of halogens is 1. The van der Waals surface area contributed by atoms with Crippen LogP contribution < -0.4 is 0 Å². The van der Waals surface area contributed by atoms with Crippen molar-refractivity contribution in [2.24, 2.45) is 17.8 Å². The zero-order chi connectivity index (χ0) is 20.2. The number of hydrogen-bond acceptors (Lipinski definition) is 0. The summed E-state index contributed by atoms with van der Waals surface area (Å²) < 4.78 is 14.9. The second kappa shape index (κ2) is 9.45. The maximum Gasteiger partial charge on any atom is 0.131 e. The predicted octanol–water partition coefficient (Wildman–Crippen LogP) is 8.68. The van der Waals surface area contributed by atoms with E-state index in [2.05, 4.69) is 32.0 Å². The van der Waals surface area contributed by atoms with Gasteiger partial charge < -0.3 is 0 Å². The van der Waals surface area contributed by atoms with E-state index in [1.54, 1.807) is 0 Å². The van der Waals surface area contributed by atoms with Crippen molar-refractivity contribution in [3.05, 3.63) is 59.4 Å². The van der Waals surface area contributed by atoms with Gasteiger partial charge in [-0.25, -0.2) is 4.39 Å². The minimum absolute atomic E-state index is 0.0669. The van der Waals surface area contributed by atoms with Crippen molar-refractivity contribution in [2.75, 3.05) is 0 Å². The van der Waals surface area contributed by atoms with Crippen molar-refractivity contribution in [1.82, 2.24) is 0 Å². The van der Waals surface area contributed by atoms with Gasteiger partial charge in [0.05, 0.1) is 0 Å². The minimum atomic E-state index is -0.0669. The number of rotatable bonds is 5. The Kier molecular flexibility index (Phi) is 6.73. The molecule has 2 aromatic carbocycles. The molecule has 0 aromatic heterocycles. The molecule has 0 unspecified atom stereocenters. The molecule has 1 heteroatoms. The Hall–Kier alpha value is -1.63. The first-order valence-electron chi connectivity index (χ1n) is 12.0. The summed E-state index contributed by atoms with van der Waals surface area (Å²) in [6.07, 6.45) is 13.8. The maximum atomic E-state index is 14.9. The van der Waals surface area contributed by atoms with Gasteiger partial charge >= 0.3 is 0 Å². The van der Waals surface area contributed by atoms with Gasteiger partial charge in [0.15, 0.2) is 0 Å². The number of benzene rings is 2. The third-order valence-electron chi connectivity index (χ3n) is 7.85. The van der Waals surface area contributed by atoms with Crippen LogP contribution in [0.1, 0.15) is 88.2 Å². The highest BCUT2D eigenvalue weighted by Gasteiger charge is 2.31. The first-order valence-corrected chi connectivity index (χ1v) is 12.0. The molecule has 0 atom stereocenters. The van der Waals surface area contributed by atoms with Crippen LogP contribution in [-0.2, 0) is 0 Å². The molecule has 2 aliphatic rings. The molecular weight excluding hydrogens is 355 g/mol. The fourth-order valence-electron chi connectivity index (χ4n) is 6.03. The van der Waals surface area contributed by atoms with Gasteiger partial charge in [-0.15, -0.1) is 0 Å². The summed E-state index contributed by atoms with van der Waals surface area (Å²) in [7, 11) is 0. The first-order chi connectivity index (χ1) is 14.1. The topological polar surface area (TPSA) is 0 Å². The van der Waals surface area contributed by atoms with Crippen LogP contribution in [0, 0.1) is 30.5 Å². The Labute approximate surface area is 176 Å². The Bertz CT molecular complexity index is 774. The van der Waals surface area contributed by atoms with Crippen LogP contribution >= 0.6 is 0 Å². The second-order valence-corrected chi connectivity index (χ2v) is 9.79. The molecule has 0 amide bonds. The van der Waals surface area contributed by atoms with Gasteiger partial charge in [0.1, 0.15) is 5.82 Å². The molecule has 0 radical (unpaired) electrons. The van der Waals surface area contributed by atoms with Crippen molar-refractivity contribution < 1.29 is 4.39 Å². The smallest absolute Gasteiger partial charge is 0.131 e. The van der Waals surface area contributed by atoms with E-state index in [0.29, 0.717) is 5.92 Å². The van der Waals surface area contributed by atoms with Crippen LogP contribution in [0.5, 0.6) is 0 Å². The fraction of sp³-hybridized carbons (Fsp3) is 0.571. The van der Waals surface area contributed by atoms with E-state index in [-0.39, 0.29) is 5.82 Å². The Morgan fingerprint density at radius 3 is 2.00 bits per heavy atom. The highest BCUT2D eigenvalue weighted by Crippen LogP contribution is 2.44. The molecular formula is C28H37F. The van der Waals surface area contributed by atoms with Crippen LogP contribution in [0.4, 0.5) is 4.39 Å². The summed E-state index contributed by atoms with van der Waals surface area (Å²) in [5.74, 6) is 3.37. The van der Waals surface area contributed by atoms with E-state index >= 15 is 0 Å². The lowest BCUT2D eigenvalue weighted by molar-refractivity contribution is 0.156. The van der Waals surface area contributed by atoms with Crippen LogP contribution in [0.3, 0.4) is 0 Å². The lowest BCUT2D eigenvalue weighted by Crippen LogP contribution is -2.25. The lowest BCUT2D eigenvalue weighted by Gasteiger charge is -2.38. The quantitative estimate of drug-likeness (QED) is 0.477. The molecule has 2 saturated carbocycles. The van der Waals surface area contributed by atoms with E-state index in [9.17, 15) is 4.39 Å². The molecule has 0 N–H and O–H groups in total. The van der Waals surface area contributed by atoms with E-state index in [1.807, 2.05) is 24.3 Å². The van der Waals surface area contributed by atoms with Gasteiger partial charge in [0, 0.05) is 5.56 Å². The molecule has 0 aliphatic heterocycles. The van der Waals surface area contributed by atoms with Crippen LogP contribution in [0.2, 0.25) is 0 Å². The van der Waals surface area contributed by atoms with Gasteiger partial charge in [0.2, 0.25) is 0 Å².